The van der Waals surface area contributed by atoms with Gasteiger partial charge in [-0.25, -0.2) is 0 Å². The van der Waals surface area contributed by atoms with E-state index < -0.39 is 6.10 Å². The molecule has 0 spiro atoms. The summed E-state index contributed by atoms with van der Waals surface area (Å²) >= 11 is 0. The smallest absolute Gasteiger partial charge is 0.265 e. The van der Waals surface area contributed by atoms with Crippen LogP contribution in [0.15, 0.2) is 72.8 Å². The normalized spacial score (nSPS) is 12.0. The van der Waals surface area contributed by atoms with Gasteiger partial charge >= 0.3 is 0 Å². The first-order valence-electron chi connectivity index (χ1n) is 11.2. The fourth-order valence-electron chi connectivity index (χ4n) is 3.35. The second-order valence-corrected chi connectivity index (χ2v) is 9.13. The van der Waals surface area contributed by atoms with E-state index in [9.17, 15) is 9.59 Å². The SMILES string of the molecule is CCC(Oc1ccccc1C)C(=O)Nc1ccc(NC(=O)c2ccc(C(C)(C)C)cc2)cc1. The maximum atomic E-state index is 12.7. The Labute approximate surface area is 196 Å². The number of aryl methyl sites for hydroxylation is 1. The zero-order valence-corrected chi connectivity index (χ0v) is 19.9. The second-order valence-electron chi connectivity index (χ2n) is 9.13. The number of rotatable bonds is 7. The summed E-state index contributed by atoms with van der Waals surface area (Å²) in [5.74, 6) is 0.314. The van der Waals surface area contributed by atoms with Crippen molar-refractivity contribution in [1.82, 2.24) is 0 Å². The number of nitrogens with one attached hydrogen (secondary N) is 2. The molecule has 0 heterocycles. The van der Waals surface area contributed by atoms with Crippen LogP contribution < -0.4 is 15.4 Å². The number of ether oxygens (including phenoxy) is 1. The number of para-hydroxylation sites is 1. The molecule has 2 amide bonds. The van der Waals surface area contributed by atoms with Crippen LogP contribution in [-0.4, -0.2) is 17.9 Å². The molecule has 5 nitrogen and oxygen atoms in total. The highest BCUT2D eigenvalue weighted by molar-refractivity contribution is 6.04. The van der Waals surface area contributed by atoms with Crippen molar-refractivity contribution in [2.75, 3.05) is 10.6 Å². The molecule has 1 unspecified atom stereocenters. The minimum absolute atomic E-state index is 0.0387. The summed E-state index contributed by atoms with van der Waals surface area (Å²) in [4.78, 5) is 25.3. The molecule has 0 saturated heterocycles. The molecule has 0 radical (unpaired) electrons. The number of carbonyl (C=O) groups excluding carboxylic acids is 2. The molecule has 0 saturated carbocycles. The third kappa shape index (κ3) is 6.45. The molecule has 1 atom stereocenters. The lowest BCUT2D eigenvalue weighted by molar-refractivity contribution is -0.122. The molecular formula is C28H32N2O3. The molecule has 0 fully saturated rings. The Balaban J connectivity index is 1.59. The minimum atomic E-state index is -0.596. The Morgan fingerprint density at radius 3 is 1.97 bits per heavy atom. The number of benzene rings is 3. The molecule has 5 heteroatoms. The molecule has 0 bridgehead atoms. The highest BCUT2D eigenvalue weighted by Crippen LogP contribution is 2.23. The minimum Gasteiger partial charge on any atom is -0.480 e. The number of hydrogen-bond donors (Lipinski definition) is 2. The van der Waals surface area contributed by atoms with Crippen LogP contribution >= 0.6 is 0 Å². The summed E-state index contributed by atoms with van der Waals surface area (Å²) in [6.07, 6.45) is -0.0518. The van der Waals surface area contributed by atoms with E-state index in [1.807, 2.05) is 62.4 Å². The number of amides is 2. The van der Waals surface area contributed by atoms with Crippen molar-refractivity contribution >= 4 is 23.2 Å². The maximum Gasteiger partial charge on any atom is 0.265 e. The molecule has 0 aliphatic heterocycles. The molecule has 172 valence electrons. The average Bonchev–Trinajstić information content (AvgIpc) is 2.79. The second kappa shape index (κ2) is 10.3. The Morgan fingerprint density at radius 1 is 0.848 bits per heavy atom. The van der Waals surface area contributed by atoms with Crippen LogP contribution in [0.25, 0.3) is 0 Å². The third-order valence-corrected chi connectivity index (χ3v) is 5.45. The van der Waals surface area contributed by atoms with Gasteiger partial charge in [0.1, 0.15) is 5.75 Å². The predicted octanol–water partition coefficient (Wildman–Crippen LogP) is 6.34. The molecule has 2 N–H and O–H groups in total. The van der Waals surface area contributed by atoms with Crippen LogP contribution in [0.4, 0.5) is 11.4 Å². The largest absolute Gasteiger partial charge is 0.480 e. The van der Waals surface area contributed by atoms with Gasteiger partial charge in [-0.1, -0.05) is 58.0 Å². The first-order valence-corrected chi connectivity index (χ1v) is 11.2. The quantitative estimate of drug-likeness (QED) is 0.447. The van der Waals surface area contributed by atoms with E-state index in [1.54, 1.807) is 24.3 Å². The molecule has 3 aromatic carbocycles. The molecule has 3 aromatic rings. The van der Waals surface area contributed by atoms with Gasteiger partial charge < -0.3 is 15.4 Å². The monoisotopic (exact) mass is 444 g/mol. The molecule has 3 rings (SSSR count). The van der Waals surface area contributed by atoms with E-state index in [4.69, 9.17) is 4.74 Å². The van der Waals surface area contributed by atoms with Crippen LogP contribution in [0.5, 0.6) is 5.75 Å². The highest BCUT2D eigenvalue weighted by Gasteiger charge is 2.19. The van der Waals surface area contributed by atoms with Crippen molar-refractivity contribution in [2.24, 2.45) is 0 Å². The van der Waals surface area contributed by atoms with Crippen LogP contribution in [-0.2, 0) is 10.2 Å². The zero-order chi connectivity index (χ0) is 24.0. The number of anilines is 2. The fourth-order valence-corrected chi connectivity index (χ4v) is 3.35. The van der Waals surface area contributed by atoms with Crippen molar-refractivity contribution < 1.29 is 14.3 Å². The first-order chi connectivity index (χ1) is 15.7. The van der Waals surface area contributed by atoms with E-state index in [-0.39, 0.29) is 17.2 Å². The molecule has 0 aliphatic rings. The van der Waals surface area contributed by atoms with Gasteiger partial charge in [-0.05, 0) is 72.4 Å². The lowest BCUT2D eigenvalue weighted by Gasteiger charge is -2.19. The predicted molar refractivity (Wildman–Crippen MR) is 134 cm³/mol. The van der Waals surface area contributed by atoms with Gasteiger partial charge in [0.05, 0.1) is 0 Å². The lowest BCUT2D eigenvalue weighted by atomic mass is 9.87. The van der Waals surface area contributed by atoms with Crippen molar-refractivity contribution in [3.8, 4) is 5.75 Å². The van der Waals surface area contributed by atoms with Crippen molar-refractivity contribution in [3.63, 3.8) is 0 Å². The van der Waals surface area contributed by atoms with Crippen molar-refractivity contribution in [2.45, 2.75) is 52.6 Å². The van der Waals surface area contributed by atoms with Crippen LogP contribution in [0.2, 0.25) is 0 Å². The highest BCUT2D eigenvalue weighted by atomic mass is 16.5. The lowest BCUT2D eigenvalue weighted by Crippen LogP contribution is -2.32. The Bertz CT molecular complexity index is 1100. The van der Waals surface area contributed by atoms with E-state index >= 15 is 0 Å². The summed E-state index contributed by atoms with van der Waals surface area (Å²) in [6, 6.07) is 22.3. The molecule has 33 heavy (non-hydrogen) atoms. The molecular weight excluding hydrogens is 412 g/mol. The Morgan fingerprint density at radius 2 is 1.42 bits per heavy atom. The molecule has 0 aliphatic carbocycles. The van der Waals surface area contributed by atoms with Gasteiger partial charge in [0, 0.05) is 16.9 Å². The third-order valence-electron chi connectivity index (χ3n) is 5.45. The zero-order valence-electron chi connectivity index (χ0n) is 19.9. The number of carbonyl (C=O) groups is 2. The van der Waals surface area contributed by atoms with E-state index in [0.717, 1.165) is 5.56 Å². The first kappa shape index (κ1) is 24.1. The van der Waals surface area contributed by atoms with E-state index in [1.165, 1.54) is 5.56 Å². The van der Waals surface area contributed by atoms with Crippen molar-refractivity contribution in [1.29, 1.82) is 0 Å². The summed E-state index contributed by atoms with van der Waals surface area (Å²) < 4.78 is 5.91. The van der Waals surface area contributed by atoms with Gasteiger partial charge in [-0.2, -0.15) is 0 Å². The Hall–Kier alpha value is -3.60. The van der Waals surface area contributed by atoms with Gasteiger partial charge in [-0.3, -0.25) is 9.59 Å². The average molecular weight is 445 g/mol. The topological polar surface area (TPSA) is 67.4 Å². The van der Waals surface area contributed by atoms with E-state index in [2.05, 4.69) is 31.4 Å². The molecule has 0 aromatic heterocycles. The van der Waals surface area contributed by atoms with Crippen LogP contribution in [0.1, 0.15) is 55.6 Å². The van der Waals surface area contributed by atoms with Crippen LogP contribution in [0, 0.1) is 6.92 Å². The van der Waals surface area contributed by atoms with Gasteiger partial charge in [0.15, 0.2) is 6.10 Å². The van der Waals surface area contributed by atoms with Crippen LogP contribution in [0.3, 0.4) is 0 Å². The summed E-state index contributed by atoms with van der Waals surface area (Å²) in [6.45, 7) is 10.3. The summed E-state index contributed by atoms with van der Waals surface area (Å²) in [5.41, 5.74) is 4.09. The fraction of sp³-hybridized carbons (Fsp3) is 0.286. The number of hydrogen-bond acceptors (Lipinski definition) is 3. The Kier molecular flexibility index (Phi) is 7.54. The standard InChI is InChI=1S/C28H32N2O3/c1-6-24(33-25-10-8-7-9-19(25)2)27(32)30-23-17-15-22(16-18-23)29-26(31)20-11-13-21(14-12-20)28(3,4)5/h7-18,24H,6H2,1-5H3,(H,29,31)(H,30,32). The maximum absolute atomic E-state index is 12.7. The van der Waals surface area contributed by atoms with Gasteiger partial charge in [0.25, 0.3) is 11.8 Å². The van der Waals surface area contributed by atoms with E-state index in [0.29, 0.717) is 29.1 Å². The summed E-state index contributed by atoms with van der Waals surface area (Å²) in [5, 5.41) is 5.78. The summed E-state index contributed by atoms with van der Waals surface area (Å²) in [7, 11) is 0. The van der Waals surface area contributed by atoms with Gasteiger partial charge in [-0.15, -0.1) is 0 Å². The van der Waals surface area contributed by atoms with Crippen molar-refractivity contribution in [3.05, 3.63) is 89.5 Å². The van der Waals surface area contributed by atoms with Gasteiger partial charge in [0.2, 0.25) is 0 Å².